The van der Waals surface area contributed by atoms with Gasteiger partial charge in [0.15, 0.2) is 10.6 Å². The number of hydrogen-bond donors (Lipinski definition) is 0. The Bertz CT molecular complexity index is 1600. The van der Waals surface area contributed by atoms with Crippen molar-refractivity contribution in [3.8, 4) is 5.75 Å². The van der Waals surface area contributed by atoms with Crippen LogP contribution in [-0.4, -0.2) is 30.1 Å². The fourth-order valence-corrected chi connectivity index (χ4v) is 5.36. The molecule has 1 aliphatic rings. The van der Waals surface area contributed by atoms with Crippen molar-refractivity contribution in [1.82, 2.24) is 4.98 Å². The summed E-state index contributed by atoms with van der Waals surface area (Å²) in [6.07, 6.45) is 1.64. The van der Waals surface area contributed by atoms with Crippen LogP contribution in [0.1, 0.15) is 55.6 Å². The molecule has 1 unspecified atom stereocenters. The lowest BCUT2D eigenvalue weighted by atomic mass is 9.98. The number of esters is 1. The number of benzene rings is 2. The van der Waals surface area contributed by atoms with Gasteiger partial charge < -0.3 is 13.9 Å². The number of thiazole rings is 1. The van der Waals surface area contributed by atoms with Crippen LogP contribution in [0, 0.1) is 13.8 Å². The van der Waals surface area contributed by atoms with Gasteiger partial charge in [0.1, 0.15) is 22.8 Å². The van der Waals surface area contributed by atoms with Gasteiger partial charge >= 0.3 is 5.97 Å². The van der Waals surface area contributed by atoms with Gasteiger partial charge in [0.05, 0.1) is 29.3 Å². The Morgan fingerprint density at radius 3 is 2.65 bits per heavy atom. The molecule has 37 heavy (non-hydrogen) atoms. The van der Waals surface area contributed by atoms with Crippen LogP contribution >= 0.6 is 11.3 Å². The summed E-state index contributed by atoms with van der Waals surface area (Å²) in [7, 11) is 0. The number of carbonyl (C=O) groups excluding carboxylic acids is 2. The first-order valence-corrected chi connectivity index (χ1v) is 12.5. The zero-order valence-corrected chi connectivity index (χ0v) is 21.4. The SMILES string of the molecule is C=CCOc1ccc(C2c3c(oc4ccc(C)cc4c3=O)C(=O)N2c2nc(C)c(C(=O)OCC)s2)cc1. The zero-order chi connectivity index (χ0) is 26.3. The third-order valence-electron chi connectivity index (χ3n) is 6.04. The Balaban J connectivity index is 1.70. The Morgan fingerprint density at radius 1 is 1.19 bits per heavy atom. The molecule has 0 aliphatic carbocycles. The van der Waals surface area contributed by atoms with Crippen molar-refractivity contribution in [2.24, 2.45) is 0 Å². The number of carbonyl (C=O) groups is 2. The first kappa shape index (κ1) is 24.5. The van der Waals surface area contributed by atoms with Crippen LogP contribution < -0.4 is 15.1 Å². The van der Waals surface area contributed by atoms with Crippen LogP contribution in [0.3, 0.4) is 0 Å². The van der Waals surface area contributed by atoms with Crippen molar-refractivity contribution < 1.29 is 23.5 Å². The van der Waals surface area contributed by atoms with E-state index >= 15 is 0 Å². The fourth-order valence-electron chi connectivity index (χ4n) is 4.37. The highest BCUT2D eigenvalue weighted by Gasteiger charge is 2.45. The van der Waals surface area contributed by atoms with E-state index in [4.69, 9.17) is 13.9 Å². The minimum atomic E-state index is -0.808. The maximum absolute atomic E-state index is 13.8. The summed E-state index contributed by atoms with van der Waals surface area (Å²) in [6.45, 7) is 9.51. The van der Waals surface area contributed by atoms with Gasteiger partial charge in [-0.1, -0.05) is 47.8 Å². The molecule has 1 amide bonds. The third-order valence-corrected chi connectivity index (χ3v) is 7.18. The topological polar surface area (TPSA) is 98.9 Å². The minimum absolute atomic E-state index is 0.0381. The van der Waals surface area contributed by atoms with E-state index in [1.807, 2.05) is 13.0 Å². The Labute approximate surface area is 216 Å². The predicted octanol–water partition coefficient (Wildman–Crippen LogP) is 5.36. The monoisotopic (exact) mass is 516 g/mol. The van der Waals surface area contributed by atoms with Crippen molar-refractivity contribution in [3.63, 3.8) is 0 Å². The number of hydrogen-bond acceptors (Lipinski definition) is 8. The van der Waals surface area contributed by atoms with Gasteiger partial charge in [-0.2, -0.15) is 0 Å². The van der Waals surface area contributed by atoms with E-state index in [9.17, 15) is 14.4 Å². The highest BCUT2D eigenvalue weighted by atomic mass is 32.1. The summed E-state index contributed by atoms with van der Waals surface area (Å²) >= 11 is 1.04. The van der Waals surface area contributed by atoms with Crippen LogP contribution in [0.15, 0.2) is 64.3 Å². The summed E-state index contributed by atoms with van der Waals surface area (Å²) in [5.74, 6) is -0.432. The van der Waals surface area contributed by atoms with E-state index in [1.54, 1.807) is 56.3 Å². The molecule has 4 aromatic rings. The molecule has 0 saturated carbocycles. The van der Waals surface area contributed by atoms with Crippen LogP contribution in [0.2, 0.25) is 0 Å². The average molecular weight is 517 g/mol. The molecular weight excluding hydrogens is 492 g/mol. The molecule has 0 bridgehead atoms. The largest absolute Gasteiger partial charge is 0.490 e. The van der Waals surface area contributed by atoms with Gasteiger partial charge in [0.25, 0.3) is 5.91 Å². The average Bonchev–Trinajstić information content (AvgIpc) is 3.41. The van der Waals surface area contributed by atoms with Gasteiger partial charge in [-0.25, -0.2) is 9.78 Å². The second-order valence-corrected chi connectivity index (χ2v) is 9.53. The summed E-state index contributed by atoms with van der Waals surface area (Å²) in [4.78, 5) is 46.3. The maximum atomic E-state index is 13.8. The van der Waals surface area contributed by atoms with Crippen LogP contribution in [-0.2, 0) is 4.74 Å². The zero-order valence-electron chi connectivity index (χ0n) is 20.6. The van der Waals surface area contributed by atoms with E-state index in [-0.39, 0.29) is 28.5 Å². The first-order valence-electron chi connectivity index (χ1n) is 11.7. The van der Waals surface area contributed by atoms with Gasteiger partial charge in [-0.3, -0.25) is 14.5 Å². The highest BCUT2D eigenvalue weighted by Crippen LogP contribution is 2.43. The number of ether oxygens (including phenoxy) is 2. The molecule has 0 N–H and O–H groups in total. The number of aryl methyl sites for hydroxylation is 2. The summed E-state index contributed by atoms with van der Waals surface area (Å²) in [6, 6.07) is 11.6. The van der Waals surface area contributed by atoms with E-state index in [2.05, 4.69) is 11.6 Å². The molecule has 0 saturated heterocycles. The number of anilines is 1. The molecule has 5 rings (SSSR count). The molecule has 9 heteroatoms. The standard InChI is InChI=1S/C28H24N2O6S/c1-5-13-35-18-10-8-17(9-11-18)22-21-23(31)19-14-15(3)7-12-20(19)36-24(21)26(32)30(22)28-29-16(4)25(37-28)27(33)34-6-2/h5,7-12,14,22H,1,6,13H2,2-4H3. The number of nitrogens with zero attached hydrogens (tertiary/aromatic N) is 2. The molecule has 1 aliphatic heterocycles. The molecule has 3 heterocycles. The van der Waals surface area contributed by atoms with Crippen LogP contribution in [0.25, 0.3) is 11.0 Å². The van der Waals surface area contributed by atoms with E-state index in [0.717, 1.165) is 16.9 Å². The molecule has 8 nitrogen and oxygen atoms in total. The minimum Gasteiger partial charge on any atom is -0.490 e. The lowest BCUT2D eigenvalue weighted by Gasteiger charge is -2.22. The Hall–Kier alpha value is -4.24. The van der Waals surface area contributed by atoms with Crippen molar-refractivity contribution in [3.05, 3.63) is 98.4 Å². The van der Waals surface area contributed by atoms with Crippen LogP contribution in [0.5, 0.6) is 5.75 Å². The van der Waals surface area contributed by atoms with Crippen molar-refractivity contribution in [2.45, 2.75) is 26.8 Å². The third kappa shape index (κ3) is 4.21. The predicted molar refractivity (Wildman–Crippen MR) is 141 cm³/mol. The molecule has 1 atom stereocenters. The number of fused-ring (bicyclic) bond motifs is 2. The summed E-state index contributed by atoms with van der Waals surface area (Å²) in [5.41, 5.74) is 2.28. The van der Waals surface area contributed by atoms with Crippen molar-refractivity contribution in [1.29, 1.82) is 0 Å². The maximum Gasteiger partial charge on any atom is 0.350 e. The molecule has 0 fully saturated rings. The molecule has 0 spiro atoms. The number of amides is 1. The van der Waals surface area contributed by atoms with E-state index in [0.29, 0.717) is 39.5 Å². The second-order valence-electron chi connectivity index (χ2n) is 8.55. The smallest absolute Gasteiger partial charge is 0.350 e. The number of aromatic nitrogens is 1. The fraction of sp³-hybridized carbons (Fsp3) is 0.214. The van der Waals surface area contributed by atoms with E-state index < -0.39 is 17.9 Å². The van der Waals surface area contributed by atoms with Gasteiger partial charge in [-0.15, -0.1) is 0 Å². The second kappa shape index (κ2) is 9.67. The Morgan fingerprint density at radius 2 is 1.95 bits per heavy atom. The van der Waals surface area contributed by atoms with E-state index in [1.165, 1.54) is 4.90 Å². The lowest BCUT2D eigenvalue weighted by Crippen LogP contribution is -2.29. The molecule has 0 radical (unpaired) electrons. The summed E-state index contributed by atoms with van der Waals surface area (Å²) in [5, 5.41) is 0.667. The first-order chi connectivity index (χ1) is 17.8. The number of rotatable bonds is 7. The van der Waals surface area contributed by atoms with Gasteiger partial charge in [-0.05, 0) is 50.6 Å². The molecule has 2 aromatic carbocycles. The molecule has 188 valence electrons. The van der Waals surface area contributed by atoms with Crippen molar-refractivity contribution >= 4 is 39.3 Å². The van der Waals surface area contributed by atoms with Crippen molar-refractivity contribution in [2.75, 3.05) is 18.1 Å². The molecular formula is C28H24N2O6S. The molecule has 2 aromatic heterocycles. The summed E-state index contributed by atoms with van der Waals surface area (Å²) < 4.78 is 16.8. The quantitative estimate of drug-likeness (QED) is 0.241. The van der Waals surface area contributed by atoms with Gasteiger partial charge in [0, 0.05) is 0 Å². The van der Waals surface area contributed by atoms with Gasteiger partial charge in [0.2, 0.25) is 5.76 Å². The lowest BCUT2D eigenvalue weighted by molar-refractivity contribution is 0.0531. The Kier molecular flexibility index (Phi) is 6.39. The highest BCUT2D eigenvalue weighted by molar-refractivity contribution is 7.17. The normalized spacial score (nSPS) is 14.6. The van der Waals surface area contributed by atoms with Crippen LogP contribution in [0.4, 0.5) is 5.13 Å².